The van der Waals surface area contributed by atoms with Crippen molar-refractivity contribution in [1.82, 2.24) is 24.7 Å². The number of anilines is 1. The highest BCUT2D eigenvalue weighted by Gasteiger charge is 2.34. The number of sulfone groups is 1. The van der Waals surface area contributed by atoms with Crippen molar-refractivity contribution in [2.45, 2.75) is 24.9 Å². The van der Waals surface area contributed by atoms with Crippen LogP contribution in [0.3, 0.4) is 0 Å². The van der Waals surface area contributed by atoms with Crippen LogP contribution in [0.5, 0.6) is 0 Å². The highest BCUT2D eigenvalue weighted by Crippen LogP contribution is 2.32. The average Bonchev–Trinajstić information content (AvgIpc) is 2.96. The first-order valence-corrected chi connectivity index (χ1v) is 9.87. The highest BCUT2D eigenvalue weighted by molar-refractivity contribution is 7.91. The standard InChI is InChI=1S/C16H15F3N6O3S/c1-4-29(27,28)11-5-9(21-8(2)26)7-20-13(11)15-22-10-6-12(16(17,18)19)23-24-14(10)25(15)3/h5-7H,4H2,1-3H3,(H,21,26). The van der Waals surface area contributed by atoms with Crippen LogP contribution in [0.4, 0.5) is 18.9 Å². The summed E-state index contributed by atoms with van der Waals surface area (Å²) in [6.45, 7) is 2.68. The number of carbonyl (C=O) groups is 1. The molecule has 0 aliphatic heterocycles. The Morgan fingerprint density at radius 3 is 2.52 bits per heavy atom. The normalized spacial score (nSPS) is 12.3. The van der Waals surface area contributed by atoms with Gasteiger partial charge in [0, 0.05) is 20.0 Å². The van der Waals surface area contributed by atoms with Gasteiger partial charge in [-0.1, -0.05) is 6.92 Å². The van der Waals surface area contributed by atoms with Crippen LogP contribution in [-0.4, -0.2) is 44.8 Å². The van der Waals surface area contributed by atoms with Crippen molar-refractivity contribution >= 4 is 32.6 Å². The van der Waals surface area contributed by atoms with Crippen LogP contribution >= 0.6 is 0 Å². The van der Waals surface area contributed by atoms with E-state index in [0.29, 0.717) is 0 Å². The molecule has 3 aromatic heterocycles. The summed E-state index contributed by atoms with van der Waals surface area (Å²) in [5.74, 6) is -0.681. The van der Waals surface area contributed by atoms with E-state index in [1.165, 1.54) is 37.7 Å². The van der Waals surface area contributed by atoms with Gasteiger partial charge in [-0.3, -0.25) is 4.79 Å². The minimum Gasteiger partial charge on any atom is -0.325 e. The zero-order valence-corrected chi connectivity index (χ0v) is 16.3. The van der Waals surface area contributed by atoms with Gasteiger partial charge in [0.05, 0.1) is 22.5 Å². The second kappa shape index (κ2) is 7.06. The molecular formula is C16H15F3N6O3S. The molecule has 0 fully saturated rings. The maximum atomic E-state index is 12.9. The molecule has 1 N–H and O–H groups in total. The fourth-order valence-electron chi connectivity index (χ4n) is 2.61. The molecule has 0 spiro atoms. The molecule has 0 bridgehead atoms. The van der Waals surface area contributed by atoms with Gasteiger partial charge in [-0.2, -0.15) is 13.2 Å². The second-order valence-corrected chi connectivity index (χ2v) is 8.33. The molecule has 13 heteroatoms. The van der Waals surface area contributed by atoms with E-state index in [4.69, 9.17) is 0 Å². The third kappa shape index (κ3) is 3.90. The molecule has 1 amide bonds. The molecular weight excluding hydrogens is 413 g/mol. The zero-order chi connectivity index (χ0) is 21.6. The Kier molecular flexibility index (Phi) is 5.03. The Hall–Kier alpha value is -3.09. The molecule has 3 aromatic rings. The molecule has 3 rings (SSSR count). The van der Waals surface area contributed by atoms with Crippen molar-refractivity contribution in [3.05, 3.63) is 24.0 Å². The molecule has 0 aliphatic carbocycles. The van der Waals surface area contributed by atoms with E-state index in [1.54, 1.807) is 0 Å². The van der Waals surface area contributed by atoms with E-state index in [2.05, 4.69) is 25.5 Å². The zero-order valence-electron chi connectivity index (χ0n) is 15.4. The van der Waals surface area contributed by atoms with Crippen LogP contribution in [0.1, 0.15) is 19.5 Å². The first kappa shape index (κ1) is 20.6. The number of amides is 1. The van der Waals surface area contributed by atoms with Gasteiger partial charge in [-0.05, 0) is 6.07 Å². The minimum atomic E-state index is -4.70. The van der Waals surface area contributed by atoms with E-state index in [-0.39, 0.29) is 39.0 Å². The summed E-state index contributed by atoms with van der Waals surface area (Å²) in [5.41, 5.74) is -1.22. The third-order valence-electron chi connectivity index (χ3n) is 4.01. The highest BCUT2D eigenvalue weighted by atomic mass is 32.2. The van der Waals surface area contributed by atoms with Crippen LogP contribution in [0.25, 0.3) is 22.7 Å². The van der Waals surface area contributed by atoms with Gasteiger partial charge in [0.2, 0.25) is 5.91 Å². The van der Waals surface area contributed by atoms with Gasteiger partial charge in [0.25, 0.3) is 0 Å². The van der Waals surface area contributed by atoms with E-state index in [0.717, 1.165) is 6.07 Å². The molecule has 9 nitrogen and oxygen atoms in total. The number of pyridine rings is 1. The summed E-state index contributed by atoms with van der Waals surface area (Å²) in [6, 6.07) is 1.96. The van der Waals surface area contributed by atoms with Gasteiger partial charge in [-0.15, -0.1) is 10.2 Å². The lowest BCUT2D eigenvalue weighted by Crippen LogP contribution is -2.12. The number of aryl methyl sites for hydroxylation is 1. The van der Waals surface area contributed by atoms with Crippen molar-refractivity contribution < 1.29 is 26.4 Å². The Labute approximate surface area is 162 Å². The van der Waals surface area contributed by atoms with Crippen molar-refractivity contribution in [1.29, 1.82) is 0 Å². The first-order valence-electron chi connectivity index (χ1n) is 8.22. The number of carbonyl (C=O) groups excluding carboxylic acids is 1. The molecule has 0 aliphatic rings. The Balaban J connectivity index is 2.25. The lowest BCUT2D eigenvalue weighted by Gasteiger charge is -2.11. The van der Waals surface area contributed by atoms with Crippen LogP contribution in [-0.2, 0) is 27.9 Å². The monoisotopic (exact) mass is 428 g/mol. The van der Waals surface area contributed by atoms with Crippen LogP contribution in [0, 0.1) is 0 Å². The average molecular weight is 428 g/mol. The molecule has 29 heavy (non-hydrogen) atoms. The molecule has 0 saturated heterocycles. The van der Waals surface area contributed by atoms with Gasteiger partial charge < -0.3 is 9.88 Å². The van der Waals surface area contributed by atoms with Crippen molar-refractivity contribution in [3.8, 4) is 11.5 Å². The molecule has 154 valence electrons. The number of imidazole rings is 1. The smallest absolute Gasteiger partial charge is 0.325 e. The second-order valence-electron chi connectivity index (χ2n) is 6.09. The van der Waals surface area contributed by atoms with Crippen molar-refractivity contribution in [3.63, 3.8) is 0 Å². The summed E-state index contributed by atoms with van der Waals surface area (Å²) < 4.78 is 65.2. The SMILES string of the molecule is CCS(=O)(=O)c1cc(NC(C)=O)cnc1-c1nc2cc(C(F)(F)F)nnc2n1C. The maximum absolute atomic E-state index is 12.9. The predicted octanol–water partition coefficient (Wildman–Crippen LogP) is 2.20. The molecule has 0 radical (unpaired) electrons. The van der Waals surface area contributed by atoms with Gasteiger partial charge in [0.1, 0.15) is 11.2 Å². The summed E-state index contributed by atoms with van der Waals surface area (Å²) in [7, 11) is -2.35. The predicted molar refractivity (Wildman–Crippen MR) is 96.6 cm³/mol. The number of nitrogens with one attached hydrogen (secondary N) is 1. The van der Waals surface area contributed by atoms with Crippen LogP contribution < -0.4 is 5.32 Å². The van der Waals surface area contributed by atoms with E-state index >= 15 is 0 Å². The number of rotatable bonds is 4. The first-order chi connectivity index (χ1) is 13.4. The topological polar surface area (TPSA) is 120 Å². The quantitative estimate of drug-likeness (QED) is 0.676. The number of hydrogen-bond acceptors (Lipinski definition) is 7. The van der Waals surface area contributed by atoms with Crippen molar-refractivity contribution in [2.24, 2.45) is 7.05 Å². The Bertz CT molecular complexity index is 1220. The molecule has 0 saturated carbocycles. The molecule has 0 unspecified atom stereocenters. The van der Waals surface area contributed by atoms with Gasteiger partial charge >= 0.3 is 6.18 Å². The fraction of sp³-hybridized carbons (Fsp3) is 0.312. The van der Waals surface area contributed by atoms with E-state index in [1.807, 2.05) is 0 Å². The largest absolute Gasteiger partial charge is 0.435 e. The lowest BCUT2D eigenvalue weighted by atomic mass is 10.3. The maximum Gasteiger partial charge on any atom is 0.435 e. The Morgan fingerprint density at radius 1 is 1.24 bits per heavy atom. The number of halogens is 3. The van der Waals surface area contributed by atoms with Gasteiger partial charge in [-0.25, -0.2) is 18.4 Å². The molecule has 3 heterocycles. The van der Waals surface area contributed by atoms with Crippen LogP contribution in [0.2, 0.25) is 0 Å². The van der Waals surface area contributed by atoms with Crippen LogP contribution in [0.15, 0.2) is 23.2 Å². The van der Waals surface area contributed by atoms with Gasteiger partial charge in [0.15, 0.2) is 27.0 Å². The Morgan fingerprint density at radius 2 is 1.93 bits per heavy atom. The molecule has 0 atom stereocenters. The summed E-state index contributed by atoms with van der Waals surface area (Å²) in [5, 5.41) is 9.16. The summed E-state index contributed by atoms with van der Waals surface area (Å²) >= 11 is 0. The minimum absolute atomic E-state index is 0.00461. The summed E-state index contributed by atoms with van der Waals surface area (Å²) in [4.78, 5) is 19.3. The fourth-order valence-corrected chi connectivity index (χ4v) is 3.67. The number of aromatic nitrogens is 5. The van der Waals surface area contributed by atoms with E-state index in [9.17, 15) is 26.4 Å². The molecule has 0 aromatic carbocycles. The number of alkyl halides is 3. The number of fused-ring (bicyclic) bond motifs is 1. The lowest BCUT2D eigenvalue weighted by molar-refractivity contribution is -0.141. The number of nitrogens with zero attached hydrogens (tertiary/aromatic N) is 5. The van der Waals surface area contributed by atoms with Crippen molar-refractivity contribution in [2.75, 3.05) is 11.1 Å². The number of hydrogen-bond donors (Lipinski definition) is 1. The van der Waals surface area contributed by atoms with E-state index < -0.39 is 27.6 Å². The summed E-state index contributed by atoms with van der Waals surface area (Å²) in [6.07, 6.45) is -3.47. The third-order valence-corrected chi connectivity index (χ3v) is 5.75.